The van der Waals surface area contributed by atoms with Gasteiger partial charge in [0.25, 0.3) is 0 Å². The first-order chi connectivity index (χ1) is 8.43. The van der Waals surface area contributed by atoms with Crippen molar-refractivity contribution in [2.75, 3.05) is 23.5 Å². The second-order valence-electron chi connectivity index (χ2n) is 4.48. The fourth-order valence-corrected chi connectivity index (χ4v) is 4.01. The zero-order valence-corrected chi connectivity index (χ0v) is 10.8. The molecule has 1 heterocycles. The number of nitrogens with zero attached hydrogens (tertiary/aromatic N) is 2. The molecule has 5 nitrogen and oxygen atoms in total. The summed E-state index contributed by atoms with van der Waals surface area (Å²) in [5.41, 5.74) is 1.24. The molecule has 96 valence electrons. The first-order valence-corrected chi connectivity index (χ1v) is 7.36. The Labute approximate surface area is 106 Å². The quantitative estimate of drug-likeness (QED) is 0.824. The van der Waals surface area contributed by atoms with Crippen molar-refractivity contribution in [3.05, 3.63) is 29.8 Å². The maximum absolute atomic E-state index is 11.5. The number of benzene rings is 1. The average Bonchev–Trinajstić information content (AvgIpc) is 2.62. The SMILES string of the molecule is CN(c1cccc(C#N)c1)C1CS(=O)(=O)CC1O. The van der Waals surface area contributed by atoms with Gasteiger partial charge < -0.3 is 10.0 Å². The van der Waals surface area contributed by atoms with E-state index < -0.39 is 22.0 Å². The molecule has 1 aromatic rings. The van der Waals surface area contributed by atoms with Gasteiger partial charge in [0.05, 0.1) is 35.3 Å². The van der Waals surface area contributed by atoms with E-state index in [1.807, 2.05) is 6.07 Å². The second-order valence-corrected chi connectivity index (χ2v) is 6.64. The molecule has 0 aromatic heterocycles. The summed E-state index contributed by atoms with van der Waals surface area (Å²) in [5.74, 6) is -0.249. The summed E-state index contributed by atoms with van der Waals surface area (Å²) in [4.78, 5) is 1.72. The van der Waals surface area contributed by atoms with Crippen molar-refractivity contribution < 1.29 is 13.5 Å². The lowest BCUT2D eigenvalue weighted by atomic mass is 10.1. The van der Waals surface area contributed by atoms with E-state index in [9.17, 15) is 13.5 Å². The van der Waals surface area contributed by atoms with Crippen molar-refractivity contribution in [1.29, 1.82) is 5.26 Å². The highest BCUT2D eigenvalue weighted by atomic mass is 32.2. The Kier molecular flexibility index (Phi) is 3.28. The number of aliphatic hydroxyl groups excluding tert-OH is 1. The topological polar surface area (TPSA) is 81.4 Å². The van der Waals surface area contributed by atoms with E-state index in [0.29, 0.717) is 5.56 Å². The number of nitriles is 1. The second kappa shape index (κ2) is 4.59. The third kappa shape index (κ3) is 2.47. The minimum absolute atomic E-state index is 0.0541. The summed E-state index contributed by atoms with van der Waals surface area (Å²) in [5, 5.41) is 18.6. The number of sulfone groups is 1. The van der Waals surface area contributed by atoms with Crippen LogP contribution in [-0.4, -0.2) is 44.2 Å². The number of hydrogen-bond donors (Lipinski definition) is 1. The molecule has 0 bridgehead atoms. The summed E-state index contributed by atoms with van der Waals surface area (Å²) < 4.78 is 22.9. The van der Waals surface area contributed by atoms with Gasteiger partial charge in [-0.05, 0) is 18.2 Å². The molecule has 0 radical (unpaired) electrons. The lowest BCUT2D eigenvalue weighted by Crippen LogP contribution is -2.40. The van der Waals surface area contributed by atoms with Gasteiger partial charge in [0.1, 0.15) is 0 Å². The van der Waals surface area contributed by atoms with Crippen LogP contribution in [0.2, 0.25) is 0 Å². The standard InChI is InChI=1S/C12H14N2O3S/c1-14(10-4-2-3-9(5-10)6-13)11-7-18(16,17)8-12(11)15/h2-5,11-12,15H,7-8H2,1H3. The van der Waals surface area contributed by atoms with E-state index in [4.69, 9.17) is 5.26 Å². The van der Waals surface area contributed by atoms with Crippen molar-refractivity contribution in [1.82, 2.24) is 0 Å². The summed E-state index contributed by atoms with van der Waals surface area (Å²) in [6, 6.07) is 8.46. The molecule has 2 unspecified atom stereocenters. The number of rotatable bonds is 2. The van der Waals surface area contributed by atoms with Gasteiger partial charge in [0, 0.05) is 12.7 Å². The largest absolute Gasteiger partial charge is 0.390 e. The molecule has 0 spiro atoms. The van der Waals surface area contributed by atoms with E-state index in [1.54, 1.807) is 36.2 Å². The molecule has 6 heteroatoms. The van der Waals surface area contributed by atoms with Crippen LogP contribution < -0.4 is 4.90 Å². The number of hydrogen-bond acceptors (Lipinski definition) is 5. The molecule has 1 aromatic carbocycles. The summed E-state index contributed by atoms with van der Waals surface area (Å²) in [6.07, 6.45) is -0.884. The minimum Gasteiger partial charge on any atom is -0.390 e. The molecule has 0 aliphatic carbocycles. The summed E-state index contributed by atoms with van der Waals surface area (Å²) in [7, 11) is -1.44. The normalized spacial score (nSPS) is 25.6. The van der Waals surface area contributed by atoms with Gasteiger partial charge in [-0.2, -0.15) is 5.26 Å². The third-order valence-electron chi connectivity index (χ3n) is 3.17. The van der Waals surface area contributed by atoms with Crippen LogP contribution in [0.25, 0.3) is 0 Å². The van der Waals surface area contributed by atoms with E-state index in [-0.39, 0.29) is 11.5 Å². The zero-order chi connectivity index (χ0) is 13.3. The predicted octanol–water partition coefficient (Wildman–Crippen LogP) is 0.152. The van der Waals surface area contributed by atoms with Gasteiger partial charge in [0.15, 0.2) is 9.84 Å². The molecule has 18 heavy (non-hydrogen) atoms. The maximum atomic E-state index is 11.5. The van der Waals surface area contributed by atoms with Crippen LogP contribution in [-0.2, 0) is 9.84 Å². The van der Waals surface area contributed by atoms with Crippen molar-refractivity contribution in [3.8, 4) is 6.07 Å². The van der Waals surface area contributed by atoms with E-state index >= 15 is 0 Å². The maximum Gasteiger partial charge on any atom is 0.155 e. The van der Waals surface area contributed by atoms with Crippen LogP contribution in [0.5, 0.6) is 0 Å². The number of anilines is 1. The third-order valence-corrected chi connectivity index (χ3v) is 4.87. The van der Waals surface area contributed by atoms with E-state index in [2.05, 4.69) is 0 Å². The molecule has 1 saturated heterocycles. The molecule has 1 aliphatic rings. The Balaban J connectivity index is 2.27. The van der Waals surface area contributed by atoms with Crippen molar-refractivity contribution in [2.24, 2.45) is 0 Å². The molecular weight excluding hydrogens is 252 g/mol. The fourth-order valence-electron chi connectivity index (χ4n) is 2.17. The predicted molar refractivity (Wildman–Crippen MR) is 68.0 cm³/mol. The smallest absolute Gasteiger partial charge is 0.155 e. The van der Waals surface area contributed by atoms with Gasteiger partial charge >= 0.3 is 0 Å². The van der Waals surface area contributed by atoms with Crippen LogP contribution >= 0.6 is 0 Å². The van der Waals surface area contributed by atoms with Crippen molar-refractivity contribution in [2.45, 2.75) is 12.1 Å². The Morgan fingerprint density at radius 2 is 2.17 bits per heavy atom. The van der Waals surface area contributed by atoms with Crippen LogP contribution in [0.1, 0.15) is 5.56 Å². The first kappa shape index (κ1) is 12.9. The Hall–Kier alpha value is -1.58. The molecule has 2 rings (SSSR count). The fraction of sp³-hybridized carbons (Fsp3) is 0.417. The van der Waals surface area contributed by atoms with Gasteiger partial charge in [-0.1, -0.05) is 6.07 Å². The van der Waals surface area contributed by atoms with Crippen molar-refractivity contribution in [3.63, 3.8) is 0 Å². The minimum atomic E-state index is -3.17. The van der Waals surface area contributed by atoms with E-state index in [1.165, 1.54) is 0 Å². The van der Waals surface area contributed by atoms with Crippen LogP contribution in [0.3, 0.4) is 0 Å². The molecule has 1 aliphatic heterocycles. The Bertz CT molecular complexity index is 592. The van der Waals surface area contributed by atoms with Crippen LogP contribution in [0, 0.1) is 11.3 Å². The molecule has 1 fully saturated rings. The van der Waals surface area contributed by atoms with Crippen LogP contribution in [0.4, 0.5) is 5.69 Å². The lowest BCUT2D eigenvalue weighted by molar-refractivity contribution is 0.180. The number of aliphatic hydroxyl groups is 1. The highest BCUT2D eigenvalue weighted by Crippen LogP contribution is 2.23. The van der Waals surface area contributed by atoms with Gasteiger partial charge in [-0.15, -0.1) is 0 Å². The lowest BCUT2D eigenvalue weighted by Gasteiger charge is -2.28. The zero-order valence-electron chi connectivity index (χ0n) is 9.94. The Morgan fingerprint density at radius 1 is 1.44 bits per heavy atom. The van der Waals surface area contributed by atoms with Crippen molar-refractivity contribution >= 4 is 15.5 Å². The van der Waals surface area contributed by atoms with Gasteiger partial charge in [-0.25, -0.2) is 8.42 Å². The highest BCUT2D eigenvalue weighted by Gasteiger charge is 2.38. The van der Waals surface area contributed by atoms with Gasteiger partial charge in [-0.3, -0.25) is 0 Å². The summed E-state index contributed by atoms with van der Waals surface area (Å²) >= 11 is 0. The molecule has 2 atom stereocenters. The number of likely N-dealkylation sites (N-methyl/N-ethyl adjacent to an activating group) is 1. The molecular formula is C12H14N2O3S. The Morgan fingerprint density at radius 3 is 2.72 bits per heavy atom. The van der Waals surface area contributed by atoms with Gasteiger partial charge in [0.2, 0.25) is 0 Å². The first-order valence-electron chi connectivity index (χ1n) is 5.54. The molecule has 1 N–H and O–H groups in total. The van der Waals surface area contributed by atoms with Crippen LogP contribution in [0.15, 0.2) is 24.3 Å². The molecule has 0 saturated carbocycles. The molecule has 0 amide bonds. The summed E-state index contributed by atoms with van der Waals surface area (Å²) in [6.45, 7) is 0. The van der Waals surface area contributed by atoms with E-state index in [0.717, 1.165) is 5.69 Å². The highest BCUT2D eigenvalue weighted by molar-refractivity contribution is 7.91. The average molecular weight is 266 g/mol. The monoisotopic (exact) mass is 266 g/mol.